The third kappa shape index (κ3) is 4.46. The highest BCUT2D eigenvalue weighted by Crippen LogP contribution is 2.08. The van der Waals surface area contributed by atoms with Crippen LogP contribution >= 0.6 is 0 Å². The lowest BCUT2D eigenvalue weighted by Crippen LogP contribution is -2.23. The molecule has 0 bridgehead atoms. The molecule has 2 aromatic rings. The highest BCUT2D eigenvalue weighted by molar-refractivity contribution is 5.94. The van der Waals surface area contributed by atoms with Crippen LogP contribution < -0.4 is 5.32 Å². The van der Waals surface area contributed by atoms with E-state index in [1.54, 1.807) is 6.26 Å². The number of carbonyl (C=O) groups is 1. The van der Waals surface area contributed by atoms with Crippen LogP contribution in [-0.2, 0) is 13.1 Å². The minimum Gasteiger partial charge on any atom is -0.467 e. The minimum absolute atomic E-state index is 0.0826. The SMILES string of the molecule is CCN(CC)Cc1ccc(C(=O)NCc2ccco2)cc1. The summed E-state index contributed by atoms with van der Waals surface area (Å²) in [6, 6.07) is 11.4. The van der Waals surface area contributed by atoms with E-state index in [0.717, 1.165) is 25.4 Å². The van der Waals surface area contributed by atoms with E-state index in [2.05, 4.69) is 24.1 Å². The maximum absolute atomic E-state index is 12.0. The molecule has 112 valence electrons. The molecular formula is C17H22N2O2. The van der Waals surface area contributed by atoms with Crippen molar-refractivity contribution in [2.45, 2.75) is 26.9 Å². The average molecular weight is 286 g/mol. The molecule has 1 N–H and O–H groups in total. The Morgan fingerprint density at radius 3 is 2.43 bits per heavy atom. The van der Waals surface area contributed by atoms with Crippen LogP contribution in [-0.4, -0.2) is 23.9 Å². The van der Waals surface area contributed by atoms with Gasteiger partial charge in [0.1, 0.15) is 5.76 Å². The predicted molar refractivity (Wildman–Crippen MR) is 82.9 cm³/mol. The third-order valence-electron chi connectivity index (χ3n) is 3.52. The Balaban J connectivity index is 1.90. The van der Waals surface area contributed by atoms with Gasteiger partial charge in [0.15, 0.2) is 0 Å². The van der Waals surface area contributed by atoms with E-state index in [1.807, 2.05) is 36.4 Å². The molecule has 0 aliphatic rings. The van der Waals surface area contributed by atoms with Gasteiger partial charge in [-0.2, -0.15) is 0 Å². The van der Waals surface area contributed by atoms with Gasteiger partial charge in [-0.3, -0.25) is 9.69 Å². The fraction of sp³-hybridized carbons (Fsp3) is 0.353. The Morgan fingerprint density at radius 2 is 1.86 bits per heavy atom. The molecule has 2 rings (SSSR count). The third-order valence-corrected chi connectivity index (χ3v) is 3.52. The zero-order valence-corrected chi connectivity index (χ0v) is 12.6. The predicted octanol–water partition coefficient (Wildman–Crippen LogP) is 3.05. The highest BCUT2D eigenvalue weighted by atomic mass is 16.3. The molecule has 0 saturated carbocycles. The van der Waals surface area contributed by atoms with Crippen LogP contribution in [0.3, 0.4) is 0 Å². The Hall–Kier alpha value is -2.07. The first-order valence-electron chi connectivity index (χ1n) is 7.34. The van der Waals surface area contributed by atoms with E-state index < -0.39 is 0 Å². The molecule has 21 heavy (non-hydrogen) atoms. The second-order valence-electron chi connectivity index (χ2n) is 4.92. The van der Waals surface area contributed by atoms with Gasteiger partial charge in [-0.25, -0.2) is 0 Å². The molecule has 1 heterocycles. The number of amides is 1. The van der Waals surface area contributed by atoms with E-state index in [1.165, 1.54) is 5.56 Å². The zero-order chi connectivity index (χ0) is 15.1. The van der Waals surface area contributed by atoms with Crippen molar-refractivity contribution < 1.29 is 9.21 Å². The van der Waals surface area contributed by atoms with E-state index in [9.17, 15) is 4.79 Å². The molecule has 4 heteroatoms. The van der Waals surface area contributed by atoms with Crippen molar-refractivity contribution >= 4 is 5.91 Å². The molecule has 1 amide bonds. The highest BCUT2D eigenvalue weighted by Gasteiger charge is 2.07. The number of carbonyl (C=O) groups excluding carboxylic acids is 1. The van der Waals surface area contributed by atoms with Crippen molar-refractivity contribution in [3.05, 3.63) is 59.5 Å². The average Bonchev–Trinajstić information content (AvgIpc) is 3.04. The Bertz CT molecular complexity index is 543. The number of benzene rings is 1. The number of furan rings is 1. The summed E-state index contributed by atoms with van der Waals surface area (Å²) in [4.78, 5) is 14.4. The van der Waals surface area contributed by atoms with Crippen LogP contribution in [0.15, 0.2) is 47.1 Å². The quantitative estimate of drug-likeness (QED) is 0.851. The second kappa shape index (κ2) is 7.64. The van der Waals surface area contributed by atoms with Gasteiger partial charge in [-0.05, 0) is 42.9 Å². The van der Waals surface area contributed by atoms with Gasteiger partial charge in [-0.1, -0.05) is 26.0 Å². The van der Waals surface area contributed by atoms with Gasteiger partial charge in [-0.15, -0.1) is 0 Å². The van der Waals surface area contributed by atoms with Crippen molar-refractivity contribution in [1.29, 1.82) is 0 Å². The topological polar surface area (TPSA) is 45.5 Å². The van der Waals surface area contributed by atoms with Gasteiger partial charge in [0.25, 0.3) is 5.91 Å². The number of rotatable bonds is 7. The molecule has 0 saturated heterocycles. The molecule has 1 aromatic heterocycles. The molecule has 0 radical (unpaired) electrons. The van der Waals surface area contributed by atoms with Crippen LogP contribution in [0.5, 0.6) is 0 Å². The van der Waals surface area contributed by atoms with Gasteiger partial charge in [0, 0.05) is 12.1 Å². The first-order chi connectivity index (χ1) is 10.2. The van der Waals surface area contributed by atoms with Crippen LogP contribution in [0.4, 0.5) is 0 Å². The first-order valence-corrected chi connectivity index (χ1v) is 7.34. The number of hydrogen-bond donors (Lipinski definition) is 1. The van der Waals surface area contributed by atoms with Gasteiger partial charge in [0.2, 0.25) is 0 Å². The maximum Gasteiger partial charge on any atom is 0.251 e. The standard InChI is InChI=1S/C17H22N2O2/c1-3-19(4-2)13-14-7-9-15(10-8-14)17(20)18-12-16-6-5-11-21-16/h5-11H,3-4,12-13H2,1-2H3,(H,18,20). The molecule has 1 aromatic carbocycles. The molecule has 0 unspecified atom stereocenters. The fourth-order valence-electron chi connectivity index (χ4n) is 2.15. The van der Waals surface area contributed by atoms with Crippen LogP contribution in [0.25, 0.3) is 0 Å². The summed E-state index contributed by atoms with van der Waals surface area (Å²) < 4.78 is 5.19. The molecule has 4 nitrogen and oxygen atoms in total. The summed E-state index contributed by atoms with van der Waals surface area (Å²) in [7, 11) is 0. The minimum atomic E-state index is -0.0826. The Kier molecular flexibility index (Phi) is 5.58. The van der Waals surface area contributed by atoms with E-state index >= 15 is 0 Å². The van der Waals surface area contributed by atoms with E-state index in [-0.39, 0.29) is 5.91 Å². The molecule has 0 aliphatic heterocycles. The lowest BCUT2D eigenvalue weighted by Gasteiger charge is -2.18. The van der Waals surface area contributed by atoms with Crippen molar-refractivity contribution in [2.75, 3.05) is 13.1 Å². The smallest absolute Gasteiger partial charge is 0.251 e. The summed E-state index contributed by atoms with van der Waals surface area (Å²) in [5, 5.41) is 2.84. The lowest BCUT2D eigenvalue weighted by atomic mass is 10.1. The Morgan fingerprint density at radius 1 is 1.14 bits per heavy atom. The monoisotopic (exact) mass is 286 g/mol. The summed E-state index contributed by atoms with van der Waals surface area (Å²) in [6.45, 7) is 7.69. The van der Waals surface area contributed by atoms with Gasteiger partial charge >= 0.3 is 0 Å². The maximum atomic E-state index is 12.0. The second-order valence-corrected chi connectivity index (χ2v) is 4.92. The van der Waals surface area contributed by atoms with Crippen LogP contribution in [0.2, 0.25) is 0 Å². The fourth-order valence-corrected chi connectivity index (χ4v) is 2.15. The van der Waals surface area contributed by atoms with Crippen LogP contribution in [0, 0.1) is 0 Å². The molecule has 0 fully saturated rings. The first kappa shape index (κ1) is 15.3. The number of hydrogen-bond acceptors (Lipinski definition) is 3. The van der Waals surface area contributed by atoms with Crippen molar-refractivity contribution in [3.8, 4) is 0 Å². The van der Waals surface area contributed by atoms with E-state index in [4.69, 9.17) is 4.42 Å². The van der Waals surface area contributed by atoms with Gasteiger partial charge < -0.3 is 9.73 Å². The number of nitrogens with zero attached hydrogens (tertiary/aromatic N) is 1. The summed E-state index contributed by atoms with van der Waals surface area (Å²) in [6.07, 6.45) is 1.60. The van der Waals surface area contributed by atoms with Gasteiger partial charge in [0.05, 0.1) is 12.8 Å². The van der Waals surface area contributed by atoms with Crippen molar-refractivity contribution in [1.82, 2.24) is 10.2 Å². The summed E-state index contributed by atoms with van der Waals surface area (Å²) in [5.74, 6) is 0.669. The Labute approximate surface area is 125 Å². The normalized spacial score (nSPS) is 10.8. The zero-order valence-electron chi connectivity index (χ0n) is 12.6. The molecular weight excluding hydrogens is 264 g/mol. The molecule has 0 aliphatic carbocycles. The van der Waals surface area contributed by atoms with Crippen LogP contribution in [0.1, 0.15) is 35.5 Å². The van der Waals surface area contributed by atoms with E-state index in [0.29, 0.717) is 12.1 Å². The largest absolute Gasteiger partial charge is 0.467 e. The summed E-state index contributed by atoms with van der Waals surface area (Å²) >= 11 is 0. The van der Waals surface area contributed by atoms with Crippen molar-refractivity contribution in [3.63, 3.8) is 0 Å². The summed E-state index contributed by atoms with van der Waals surface area (Å²) in [5.41, 5.74) is 1.89. The molecule has 0 atom stereocenters. The number of nitrogens with one attached hydrogen (secondary N) is 1. The van der Waals surface area contributed by atoms with Crippen molar-refractivity contribution in [2.24, 2.45) is 0 Å². The molecule has 0 spiro atoms. The lowest BCUT2D eigenvalue weighted by molar-refractivity contribution is 0.0948.